The van der Waals surface area contributed by atoms with Crippen LogP contribution in [0.4, 0.5) is 0 Å². The molecule has 2 aromatic rings. The van der Waals surface area contributed by atoms with Gasteiger partial charge < -0.3 is 9.80 Å². The van der Waals surface area contributed by atoms with E-state index in [9.17, 15) is 9.59 Å². The standard InChI is InChI=1S/C17H23N5O2/c1-20(2)15(23)8-7-13-5-3-9-21(11-13)17(24)14-6-4-10-22-12-18-19-16(14)22/h4,6,10,12-13H,3,5,7-9,11H2,1-2H3/t13-/m1/s1. The Morgan fingerprint density at radius 3 is 3.00 bits per heavy atom. The van der Waals surface area contributed by atoms with Crippen molar-refractivity contribution in [3.8, 4) is 0 Å². The first-order valence-corrected chi connectivity index (χ1v) is 8.34. The number of hydrogen-bond donors (Lipinski definition) is 0. The first kappa shape index (κ1) is 16.4. The van der Waals surface area contributed by atoms with Crippen LogP contribution < -0.4 is 0 Å². The van der Waals surface area contributed by atoms with E-state index in [1.165, 1.54) is 0 Å². The summed E-state index contributed by atoms with van der Waals surface area (Å²) in [5, 5.41) is 7.92. The van der Waals surface area contributed by atoms with E-state index in [4.69, 9.17) is 0 Å². The lowest BCUT2D eigenvalue weighted by Gasteiger charge is -2.33. The maximum atomic E-state index is 12.9. The summed E-state index contributed by atoms with van der Waals surface area (Å²) in [5.74, 6) is 0.521. The van der Waals surface area contributed by atoms with Crippen molar-refractivity contribution in [3.05, 3.63) is 30.2 Å². The van der Waals surface area contributed by atoms with Gasteiger partial charge >= 0.3 is 0 Å². The number of hydrogen-bond acceptors (Lipinski definition) is 4. The molecule has 7 nitrogen and oxygen atoms in total. The molecule has 1 fully saturated rings. The molecule has 0 saturated carbocycles. The van der Waals surface area contributed by atoms with Crippen molar-refractivity contribution in [2.45, 2.75) is 25.7 Å². The predicted octanol–water partition coefficient (Wildman–Crippen LogP) is 1.45. The summed E-state index contributed by atoms with van der Waals surface area (Å²) < 4.78 is 1.75. The molecule has 0 unspecified atom stereocenters. The molecular weight excluding hydrogens is 306 g/mol. The molecule has 1 aliphatic heterocycles. The van der Waals surface area contributed by atoms with Gasteiger partial charge in [-0.25, -0.2) is 0 Å². The number of amides is 2. The number of carbonyl (C=O) groups excluding carboxylic acids is 2. The molecule has 0 N–H and O–H groups in total. The van der Waals surface area contributed by atoms with Gasteiger partial charge in [0.2, 0.25) is 5.91 Å². The van der Waals surface area contributed by atoms with Crippen LogP contribution in [0.5, 0.6) is 0 Å². The second-order valence-corrected chi connectivity index (χ2v) is 6.57. The van der Waals surface area contributed by atoms with Crippen molar-refractivity contribution in [3.63, 3.8) is 0 Å². The Balaban J connectivity index is 1.67. The summed E-state index contributed by atoms with van der Waals surface area (Å²) in [6.07, 6.45) is 6.84. The second-order valence-electron chi connectivity index (χ2n) is 6.57. The molecule has 2 amide bonds. The lowest BCUT2D eigenvalue weighted by atomic mass is 9.92. The fourth-order valence-corrected chi connectivity index (χ4v) is 3.22. The van der Waals surface area contributed by atoms with Gasteiger partial charge in [-0.15, -0.1) is 10.2 Å². The summed E-state index contributed by atoms with van der Waals surface area (Å²) >= 11 is 0. The zero-order valence-electron chi connectivity index (χ0n) is 14.2. The molecule has 128 valence electrons. The number of nitrogens with zero attached hydrogens (tertiary/aromatic N) is 5. The highest BCUT2D eigenvalue weighted by Crippen LogP contribution is 2.23. The predicted molar refractivity (Wildman–Crippen MR) is 89.5 cm³/mol. The molecule has 0 bridgehead atoms. The molecular formula is C17H23N5O2. The number of aromatic nitrogens is 3. The fraction of sp³-hybridized carbons (Fsp3) is 0.529. The molecule has 2 aromatic heterocycles. The van der Waals surface area contributed by atoms with E-state index >= 15 is 0 Å². The maximum absolute atomic E-state index is 12.9. The van der Waals surface area contributed by atoms with Crippen molar-refractivity contribution >= 4 is 17.5 Å². The van der Waals surface area contributed by atoms with Gasteiger partial charge in [0.25, 0.3) is 5.91 Å². The number of piperidine rings is 1. The Hall–Kier alpha value is -2.44. The topological polar surface area (TPSA) is 70.8 Å². The summed E-state index contributed by atoms with van der Waals surface area (Å²) in [6, 6.07) is 3.63. The molecule has 0 spiro atoms. The van der Waals surface area contributed by atoms with Crippen LogP contribution in [0.1, 0.15) is 36.0 Å². The van der Waals surface area contributed by atoms with Crippen LogP contribution in [0.15, 0.2) is 24.7 Å². The number of rotatable bonds is 4. The third-order valence-electron chi connectivity index (χ3n) is 4.63. The van der Waals surface area contributed by atoms with E-state index in [1.54, 1.807) is 35.8 Å². The first-order chi connectivity index (χ1) is 11.6. The Bertz CT molecular complexity index is 739. The highest BCUT2D eigenvalue weighted by molar-refractivity contribution is 5.99. The minimum Gasteiger partial charge on any atom is -0.349 e. The first-order valence-electron chi connectivity index (χ1n) is 8.34. The maximum Gasteiger partial charge on any atom is 0.257 e. The van der Waals surface area contributed by atoms with E-state index in [0.717, 1.165) is 25.8 Å². The average molecular weight is 329 g/mol. The summed E-state index contributed by atoms with van der Waals surface area (Å²) in [5.41, 5.74) is 1.17. The molecule has 1 aliphatic rings. The molecule has 1 saturated heterocycles. The lowest BCUT2D eigenvalue weighted by Crippen LogP contribution is -2.40. The van der Waals surface area contributed by atoms with Crippen molar-refractivity contribution < 1.29 is 9.59 Å². The fourth-order valence-electron chi connectivity index (χ4n) is 3.22. The molecule has 3 rings (SSSR count). The van der Waals surface area contributed by atoms with Gasteiger partial charge in [0.1, 0.15) is 6.33 Å². The van der Waals surface area contributed by atoms with Crippen molar-refractivity contribution in [2.24, 2.45) is 5.92 Å². The van der Waals surface area contributed by atoms with E-state index in [2.05, 4.69) is 10.2 Å². The largest absolute Gasteiger partial charge is 0.349 e. The highest BCUT2D eigenvalue weighted by atomic mass is 16.2. The van der Waals surface area contributed by atoms with Crippen LogP contribution in [0.3, 0.4) is 0 Å². The third kappa shape index (κ3) is 3.39. The number of fused-ring (bicyclic) bond motifs is 1. The van der Waals surface area contributed by atoms with Crippen LogP contribution in [0, 0.1) is 5.92 Å². The quantitative estimate of drug-likeness (QED) is 0.851. The molecule has 7 heteroatoms. The molecule has 1 atom stereocenters. The van der Waals surface area contributed by atoms with E-state index in [0.29, 0.717) is 30.1 Å². The van der Waals surface area contributed by atoms with Crippen molar-refractivity contribution in [1.82, 2.24) is 24.4 Å². The summed E-state index contributed by atoms with van der Waals surface area (Å²) in [6.45, 7) is 1.46. The van der Waals surface area contributed by atoms with Crippen LogP contribution in [0.25, 0.3) is 5.65 Å². The Kier molecular flexibility index (Phi) is 4.78. The Morgan fingerprint density at radius 1 is 1.38 bits per heavy atom. The van der Waals surface area contributed by atoms with Crippen LogP contribution in [-0.2, 0) is 4.79 Å². The van der Waals surface area contributed by atoms with Crippen LogP contribution in [-0.4, -0.2) is 63.4 Å². The molecule has 24 heavy (non-hydrogen) atoms. The van der Waals surface area contributed by atoms with Crippen LogP contribution >= 0.6 is 0 Å². The smallest absolute Gasteiger partial charge is 0.257 e. The van der Waals surface area contributed by atoms with Crippen molar-refractivity contribution in [1.29, 1.82) is 0 Å². The molecule has 0 aromatic carbocycles. The SMILES string of the molecule is CN(C)C(=O)CC[C@H]1CCCN(C(=O)c2cccn3cnnc23)C1. The van der Waals surface area contributed by atoms with Gasteiger partial charge in [-0.1, -0.05) is 0 Å². The van der Waals surface area contributed by atoms with Gasteiger partial charge in [-0.2, -0.15) is 0 Å². The van der Waals surface area contributed by atoms with Gasteiger partial charge in [0.15, 0.2) is 5.65 Å². The van der Waals surface area contributed by atoms with E-state index in [1.807, 2.05) is 17.2 Å². The van der Waals surface area contributed by atoms with Crippen molar-refractivity contribution in [2.75, 3.05) is 27.2 Å². The zero-order valence-corrected chi connectivity index (χ0v) is 14.2. The average Bonchev–Trinajstić information content (AvgIpc) is 3.07. The highest BCUT2D eigenvalue weighted by Gasteiger charge is 2.26. The van der Waals surface area contributed by atoms with E-state index in [-0.39, 0.29) is 11.8 Å². The third-order valence-corrected chi connectivity index (χ3v) is 4.63. The monoisotopic (exact) mass is 329 g/mol. The minimum atomic E-state index is -0.00256. The normalized spacial score (nSPS) is 17.9. The zero-order chi connectivity index (χ0) is 17.1. The number of carbonyl (C=O) groups is 2. The summed E-state index contributed by atoms with van der Waals surface area (Å²) in [7, 11) is 3.55. The molecule has 0 aliphatic carbocycles. The van der Waals surface area contributed by atoms with Gasteiger partial charge in [-0.05, 0) is 37.3 Å². The lowest BCUT2D eigenvalue weighted by molar-refractivity contribution is -0.129. The molecule has 3 heterocycles. The number of likely N-dealkylation sites (tertiary alicyclic amines) is 1. The second kappa shape index (κ2) is 6.98. The van der Waals surface area contributed by atoms with Gasteiger partial charge in [-0.3, -0.25) is 14.0 Å². The summed E-state index contributed by atoms with van der Waals surface area (Å²) in [4.78, 5) is 28.1. The minimum absolute atomic E-state index is 0.00256. The van der Waals surface area contributed by atoms with Gasteiger partial charge in [0.05, 0.1) is 5.56 Å². The molecule has 0 radical (unpaired) electrons. The Labute approximate surface area is 141 Å². The van der Waals surface area contributed by atoms with E-state index < -0.39 is 0 Å². The Morgan fingerprint density at radius 2 is 2.21 bits per heavy atom. The van der Waals surface area contributed by atoms with Crippen LogP contribution in [0.2, 0.25) is 0 Å². The van der Waals surface area contributed by atoms with Gasteiger partial charge in [0, 0.05) is 39.8 Å². The number of pyridine rings is 1.